The predicted molar refractivity (Wildman–Crippen MR) is 72.2 cm³/mol. The molecule has 2 aromatic rings. The molecule has 3 nitrogen and oxygen atoms in total. The summed E-state index contributed by atoms with van der Waals surface area (Å²) in [5.41, 5.74) is 3.49. The molecule has 0 spiro atoms. The van der Waals surface area contributed by atoms with Crippen LogP contribution in [0.3, 0.4) is 0 Å². The van der Waals surface area contributed by atoms with E-state index >= 15 is 0 Å². The van der Waals surface area contributed by atoms with Crippen LogP contribution in [0.25, 0.3) is 10.6 Å². The lowest BCUT2D eigenvalue weighted by atomic mass is 10.2. The van der Waals surface area contributed by atoms with E-state index in [4.69, 9.17) is 0 Å². The van der Waals surface area contributed by atoms with E-state index in [-0.39, 0.29) is 0 Å². The quantitative estimate of drug-likeness (QED) is 0.902. The maximum Gasteiger partial charge on any atom is 0.124 e. The van der Waals surface area contributed by atoms with E-state index in [0.717, 1.165) is 23.8 Å². The van der Waals surface area contributed by atoms with Gasteiger partial charge in [0.1, 0.15) is 5.01 Å². The fourth-order valence-corrected chi connectivity index (χ4v) is 2.78. The summed E-state index contributed by atoms with van der Waals surface area (Å²) < 4.78 is 0. The zero-order valence-electron chi connectivity index (χ0n) is 10.4. The van der Waals surface area contributed by atoms with E-state index in [1.807, 2.05) is 18.5 Å². The monoisotopic (exact) mass is 247 g/mol. The summed E-state index contributed by atoms with van der Waals surface area (Å²) in [4.78, 5) is 10.1. The summed E-state index contributed by atoms with van der Waals surface area (Å²) in [7, 11) is 0. The highest BCUT2D eigenvalue weighted by atomic mass is 32.1. The summed E-state index contributed by atoms with van der Waals surface area (Å²) in [6.07, 6.45) is 3.71. The van der Waals surface area contributed by atoms with E-state index in [1.165, 1.54) is 16.0 Å². The Labute approximate surface area is 106 Å². The molecule has 0 saturated heterocycles. The van der Waals surface area contributed by atoms with Crippen molar-refractivity contribution in [2.75, 3.05) is 6.54 Å². The van der Waals surface area contributed by atoms with Gasteiger partial charge >= 0.3 is 0 Å². The molecule has 0 saturated carbocycles. The maximum atomic E-state index is 4.65. The number of nitrogens with one attached hydrogen (secondary N) is 1. The minimum atomic E-state index is 0.907. The van der Waals surface area contributed by atoms with Gasteiger partial charge in [-0.1, -0.05) is 6.92 Å². The molecule has 2 aromatic heterocycles. The average molecular weight is 247 g/mol. The molecule has 1 N–H and O–H groups in total. The largest absolute Gasteiger partial charge is 0.312 e. The highest BCUT2D eigenvalue weighted by Crippen LogP contribution is 2.29. The van der Waals surface area contributed by atoms with Crippen LogP contribution in [-0.4, -0.2) is 16.5 Å². The second-order valence-electron chi connectivity index (χ2n) is 4.00. The minimum absolute atomic E-state index is 0.907. The van der Waals surface area contributed by atoms with Crippen LogP contribution in [0.2, 0.25) is 0 Å². The van der Waals surface area contributed by atoms with Crippen LogP contribution in [0.4, 0.5) is 0 Å². The number of thiazole rings is 1. The standard InChI is InChI=1S/C13H17N3S/c1-4-14-8-12-10(3)16-13(17-12)11-5-6-15-7-9(11)2/h5-7,14H,4,8H2,1-3H3. The predicted octanol–water partition coefficient (Wildman–Crippen LogP) is 2.93. The lowest BCUT2D eigenvalue weighted by Gasteiger charge is -1.99. The van der Waals surface area contributed by atoms with Gasteiger partial charge < -0.3 is 5.32 Å². The molecule has 2 heterocycles. The van der Waals surface area contributed by atoms with Crippen molar-refractivity contribution in [2.45, 2.75) is 27.3 Å². The number of nitrogens with zero attached hydrogens (tertiary/aromatic N) is 2. The third-order valence-electron chi connectivity index (χ3n) is 2.68. The highest BCUT2D eigenvalue weighted by molar-refractivity contribution is 7.15. The average Bonchev–Trinajstić information content (AvgIpc) is 2.68. The molecule has 17 heavy (non-hydrogen) atoms. The molecule has 0 aromatic carbocycles. The molecular weight excluding hydrogens is 230 g/mol. The first-order valence-corrected chi connectivity index (χ1v) is 6.62. The van der Waals surface area contributed by atoms with Gasteiger partial charge in [0, 0.05) is 29.4 Å². The molecule has 0 radical (unpaired) electrons. The summed E-state index contributed by atoms with van der Waals surface area (Å²) in [6, 6.07) is 2.03. The SMILES string of the molecule is CCNCc1sc(-c2ccncc2C)nc1C. The van der Waals surface area contributed by atoms with Crippen molar-refractivity contribution in [1.29, 1.82) is 0 Å². The van der Waals surface area contributed by atoms with Gasteiger partial charge in [-0.3, -0.25) is 4.98 Å². The summed E-state index contributed by atoms with van der Waals surface area (Å²) in [6.45, 7) is 8.15. The van der Waals surface area contributed by atoms with Crippen molar-refractivity contribution in [1.82, 2.24) is 15.3 Å². The van der Waals surface area contributed by atoms with Crippen molar-refractivity contribution in [3.63, 3.8) is 0 Å². The Balaban J connectivity index is 2.31. The van der Waals surface area contributed by atoms with Gasteiger partial charge in [-0.25, -0.2) is 4.98 Å². The molecular formula is C13H17N3S. The van der Waals surface area contributed by atoms with Crippen LogP contribution in [0, 0.1) is 13.8 Å². The second-order valence-corrected chi connectivity index (χ2v) is 5.08. The first-order chi connectivity index (χ1) is 8.22. The molecule has 90 valence electrons. The fraction of sp³-hybridized carbons (Fsp3) is 0.385. The van der Waals surface area contributed by atoms with Crippen LogP contribution in [0.5, 0.6) is 0 Å². The van der Waals surface area contributed by atoms with Crippen LogP contribution >= 0.6 is 11.3 Å². The lowest BCUT2D eigenvalue weighted by Crippen LogP contribution is -2.11. The summed E-state index contributed by atoms with van der Waals surface area (Å²) in [5, 5.41) is 4.44. The first kappa shape index (κ1) is 12.2. The van der Waals surface area contributed by atoms with Crippen molar-refractivity contribution in [3.05, 3.63) is 34.6 Å². The van der Waals surface area contributed by atoms with Crippen molar-refractivity contribution in [3.8, 4) is 10.6 Å². The normalized spacial score (nSPS) is 10.8. The summed E-state index contributed by atoms with van der Waals surface area (Å²) in [5.74, 6) is 0. The van der Waals surface area contributed by atoms with Gasteiger partial charge in [-0.15, -0.1) is 11.3 Å². The topological polar surface area (TPSA) is 37.8 Å². The van der Waals surface area contributed by atoms with Gasteiger partial charge in [0.15, 0.2) is 0 Å². The Morgan fingerprint density at radius 1 is 1.35 bits per heavy atom. The Hall–Kier alpha value is -1.26. The van der Waals surface area contributed by atoms with Gasteiger partial charge in [0.2, 0.25) is 0 Å². The molecule has 0 atom stereocenters. The molecule has 4 heteroatoms. The highest BCUT2D eigenvalue weighted by Gasteiger charge is 2.10. The molecule has 0 fully saturated rings. The number of hydrogen-bond donors (Lipinski definition) is 1. The Kier molecular flexibility index (Phi) is 3.86. The molecule has 0 unspecified atom stereocenters. The Bertz CT molecular complexity index is 505. The smallest absolute Gasteiger partial charge is 0.124 e. The van der Waals surface area contributed by atoms with Gasteiger partial charge in [0.05, 0.1) is 5.69 Å². The van der Waals surface area contributed by atoms with Crippen molar-refractivity contribution < 1.29 is 0 Å². The molecule has 0 amide bonds. The third-order valence-corrected chi connectivity index (χ3v) is 3.87. The third kappa shape index (κ3) is 2.70. The molecule has 2 rings (SSSR count). The van der Waals surface area contributed by atoms with E-state index < -0.39 is 0 Å². The lowest BCUT2D eigenvalue weighted by molar-refractivity contribution is 0.731. The van der Waals surface area contributed by atoms with Crippen LogP contribution < -0.4 is 5.32 Å². The van der Waals surface area contributed by atoms with Gasteiger partial charge in [0.25, 0.3) is 0 Å². The van der Waals surface area contributed by atoms with E-state index in [2.05, 4.69) is 36.1 Å². The minimum Gasteiger partial charge on any atom is -0.312 e. The Morgan fingerprint density at radius 2 is 2.18 bits per heavy atom. The van der Waals surface area contributed by atoms with Crippen LogP contribution in [0.15, 0.2) is 18.5 Å². The molecule has 0 aliphatic carbocycles. The van der Waals surface area contributed by atoms with Crippen molar-refractivity contribution >= 4 is 11.3 Å². The number of aromatic nitrogens is 2. The second kappa shape index (κ2) is 5.38. The van der Waals surface area contributed by atoms with Gasteiger partial charge in [-0.05, 0) is 32.0 Å². The number of aryl methyl sites for hydroxylation is 2. The molecule has 0 aliphatic rings. The van der Waals surface area contributed by atoms with E-state index in [1.54, 1.807) is 11.3 Å². The first-order valence-electron chi connectivity index (χ1n) is 5.80. The molecule has 0 aliphatic heterocycles. The zero-order chi connectivity index (χ0) is 12.3. The molecule has 0 bridgehead atoms. The van der Waals surface area contributed by atoms with Crippen molar-refractivity contribution in [2.24, 2.45) is 0 Å². The summed E-state index contributed by atoms with van der Waals surface area (Å²) >= 11 is 1.77. The maximum absolute atomic E-state index is 4.65. The van der Waals surface area contributed by atoms with E-state index in [9.17, 15) is 0 Å². The zero-order valence-corrected chi connectivity index (χ0v) is 11.3. The van der Waals surface area contributed by atoms with E-state index in [0.29, 0.717) is 0 Å². The van der Waals surface area contributed by atoms with Crippen LogP contribution in [0.1, 0.15) is 23.1 Å². The van der Waals surface area contributed by atoms with Crippen LogP contribution in [-0.2, 0) is 6.54 Å². The van der Waals surface area contributed by atoms with Gasteiger partial charge in [-0.2, -0.15) is 0 Å². The number of rotatable bonds is 4. The number of pyridine rings is 1. The Morgan fingerprint density at radius 3 is 2.88 bits per heavy atom. The fourth-order valence-electron chi connectivity index (χ4n) is 1.66. The number of hydrogen-bond acceptors (Lipinski definition) is 4.